The van der Waals surface area contributed by atoms with Crippen LogP contribution < -0.4 is 10.5 Å². The molecule has 1 unspecified atom stereocenters. The quantitative estimate of drug-likeness (QED) is 0.724. The van der Waals surface area contributed by atoms with Crippen molar-refractivity contribution in [2.24, 2.45) is 5.73 Å². The molecule has 0 aromatic heterocycles. The maximum absolute atomic E-state index is 11.9. The van der Waals surface area contributed by atoms with E-state index in [9.17, 15) is 4.39 Å². The SMILES string of the molecule is CCC(N)Cc1cccc(OCCCF)c1. The van der Waals surface area contributed by atoms with Gasteiger partial charge >= 0.3 is 0 Å². The smallest absolute Gasteiger partial charge is 0.119 e. The fraction of sp³-hybridized carbons (Fsp3) is 0.538. The lowest BCUT2D eigenvalue weighted by molar-refractivity contribution is 0.289. The molecule has 0 aliphatic carbocycles. The molecule has 0 saturated carbocycles. The second-order valence-electron chi connectivity index (χ2n) is 3.91. The van der Waals surface area contributed by atoms with E-state index >= 15 is 0 Å². The summed E-state index contributed by atoms with van der Waals surface area (Å²) >= 11 is 0. The van der Waals surface area contributed by atoms with Gasteiger partial charge in [0.05, 0.1) is 13.3 Å². The Morgan fingerprint density at radius 3 is 2.94 bits per heavy atom. The summed E-state index contributed by atoms with van der Waals surface area (Å²) in [7, 11) is 0. The standard InChI is InChI=1S/C13H20FNO/c1-2-12(15)9-11-5-3-6-13(10-11)16-8-4-7-14/h3,5-6,10,12H,2,4,7-9,15H2,1H3. The van der Waals surface area contributed by atoms with Crippen LogP contribution >= 0.6 is 0 Å². The number of alkyl halides is 1. The van der Waals surface area contributed by atoms with Crippen LogP contribution in [0.4, 0.5) is 4.39 Å². The predicted octanol–water partition coefficient (Wildman–Crippen LogP) is 2.70. The first kappa shape index (κ1) is 13.0. The Morgan fingerprint density at radius 2 is 2.25 bits per heavy atom. The molecular formula is C13H20FNO. The summed E-state index contributed by atoms with van der Waals surface area (Å²) in [5, 5.41) is 0. The minimum atomic E-state index is -0.333. The molecule has 16 heavy (non-hydrogen) atoms. The van der Waals surface area contributed by atoms with Crippen LogP contribution in [0.1, 0.15) is 25.3 Å². The molecule has 2 nitrogen and oxygen atoms in total. The van der Waals surface area contributed by atoms with Crippen molar-refractivity contribution < 1.29 is 9.13 Å². The van der Waals surface area contributed by atoms with Gasteiger partial charge in [0.15, 0.2) is 0 Å². The zero-order chi connectivity index (χ0) is 11.8. The Hall–Kier alpha value is -1.09. The summed E-state index contributed by atoms with van der Waals surface area (Å²) in [6.07, 6.45) is 2.27. The van der Waals surface area contributed by atoms with Gasteiger partial charge in [0, 0.05) is 12.5 Å². The number of benzene rings is 1. The number of rotatable bonds is 7. The minimum Gasteiger partial charge on any atom is -0.493 e. The minimum absolute atomic E-state index is 0.195. The van der Waals surface area contributed by atoms with Gasteiger partial charge in [-0.05, 0) is 30.5 Å². The van der Waals surface area contributed by atoms with E-state index < -0.39 is 0 Å². The summed E-state index contributed by atoms with van der Waals surface area (Å²) in [5.74, 6) is 0.800. The third-order valence-electron chi connectivity index (χ3n) is 2.47. The molecular weight excluding hydrogens is 205 g/mol. The summed E-state index contributed by atoms with van der Waals surface area (Å²) in [5.41, 5.74) is 7.06. The highest BCUT2D eigenvalue weighted by atomic mass is 19.1. The fourth-order valence-electron chi connectivity index (χ4n) is 1.45. The number of ether oxygens (including phenoxy) is 1. The molecule has 1 aromatic carbocycles. The largest absolute Gasteiger partial charge is 0.493 e. The van der Waals surface area contributed by atoms with Gasteiger partial charge < -0.3 is 10.5 Å². The highest BCUT2D eigenvalue weighted by Crippen LogP contribution is 2.15. The van der Waals surface area contributed by atoms with Crippen LogP contribution in [0.25, 0.3) is 0 Å². The van der Waals surface area contributed by atoms with E-state index in [0.29, 0.717) is 13.0 Å². The highest BCUT2D eigenvalue weighted by Gasteiger charge is 2.02. The molecule has 1 aromatic rings. The van der Waals surface area contributed by atoms with Gasteiger partial charge in [0.25, 0.3) is 0 Å². The lowest BCUT2D eigenvalue weighted by Crippen LogP contribution is -2.21. The lowest BCUT2D eigenvalue weighted by atomic mass is 10.0. The molecule has 2 N–H and O–H groups in total. The average molecular weight is 225 g/mol. The summed E-state index contributed by atoms with van der Waals surface area (Å²) < 4.78 is 17.3. The van der Waals surface area contributed by atoms with Crippen molar-refractivity contribution in [3.63, 3.8) is 0 Å². The Balaban J connectivity index is 2.50. The zero-order valence-electron chi connectivity index (χ0n) is 9.79. The summed E-state index contributed by atoms with van der Waals surface area (Å²) in [6.45, 7) is 2.17. The third-order valence-corrected chi connectivity index (χ3v) is 2.47. The van der Waals surface area contributed by atoms with Gasteiger partial charge in [-0.15, -0.1) is 0 Å². The Morgan fingerprint density at radius 1 is 1.44 bits per heavy atom. The molecule has 0 aliphatic rings. The molecule has 0 bridgehead atoms. The Kier molecular flexibility index (Phi) is 5.86. The number of hydrogen-bond acceptors (Lipinski definition) is 2. The molecule has 1 rings (SSSR count). The van der Waals surface area contributed by atoms with Crippen LogP contribution in [0.3, 0.4) is 0 Å². The molecule has 90 valence electrons. The Bertz CT molecular complexity index is 304. The zero-order valence-corrected chi connectivity index (χ0v) is 9.79. The molecule has 1 atom stereocenters. The monoisotopic (exact) mass is 225 g/mol. The molecule has 0 spiro atoms. The third kappa shape index (κ3) is 4.62. The van der Waals surface area contributed by atoms with Gasteiger partial charge in [-0.3, -0.25) is 4.39 Å². The molecule has 0 heterocycles. The van der Waals surface area contributed by atoms with E-state index in [0.717, 1.165) is 18.6 Å². The molecule has 0 saturated heterocycles. The van der Waals surface area contributed by atoms with E-state index in [-0.39, 0.29) is 12.7 Å². The normalized spacial score (nSPS) is 12.4. The van der Waals surface area contributed by atoms with Crippen molar-refractivity contribution >= 4 is 0 Å². The number of hydrogen-bond donors (Lipinski definition) is 1. The molecule has 0 amide bonds. The van der Waals surface area contributed by atoms with Crippen LogP contribution in [-0.2, 0) is 6.42 Å². The summed E-state index contributed by atoms with van der Waals surface area (Å²) in [4.78, 5) is 0. The fourth-order valence-corrected chi connectivity index (χ4v) is 1.45. The van der Waals surface area contributed by atoms with Gasteiger partial charge in [-0.25, -0.2) is 0 Å². The van der Waals surface area contributed by atoms with Crippen molar-refractivity contribution in [1.29, 1.82) is 0 Å². The second-order valence-corrected chi connectivity index (χ2v) is 3.91. The predicted molar refractivity (Wildman–Crippen MR) is 64.5 cm³/mol. The van der Waals surface area contributed by atoms with Crippen LogP contribution in [0, 0.1) is 0 Å². The van der Waals surface area contributed by atoms with E-state index in [1.807, 2.05) is 24.3 Å². The first-order valence-electron chi connectivity index (χ1n) is 5.79. The van der Waals surface area contributed by atoms with Gasteiger partial charge in [0.1, 0.15) is 5.75 Å². The van der Waals surface area contributed by atoms with Crippen molar-refractivity contribution in [2.45, 2.75) is 32.2 Å². The highest BCUT2D eigenvalue weighted by molar-refractivity contribution is 5.29. The molecule has 0 radical (unpaired) electrons. The number of halogens is 1. The van der Waals surface area contributed by atoms with Crippen molar-refractivity contribution in [3.05, 3.63) is 29.8 Å². The van der Waals surface area contributed by atoms with Crippen molar-refractivity contribution in [1.82, 2.24) is 0 Å². The number of nitrogens with two attached hydrogens (primary N) is 1. The van der Waals surface area contributed by atoms with E-state index in [2.05, 4.69) is 6.92 Å². The van der Waals surface area contributed by atoms with Crippen LogP contribution in [0.15, 0.2) is 24.3 Å². The van der Waals surface area contributed by atoms with Crippen LogP contribution in [0.2, 0.25) is 0 Å². The average Bonchev–Trinajstić information content (AvgIpc) is 2.30. The second kappa shape index (κ2) is 7.23. The molecule has 0 aliphatic heterocycles. The van der Waals surface area contributed by atoms with Crippen LogP contribution in [0.5, 0.6) is 5.75 Å². The van der Waals surface area contributed by atoms with Gasteiger partial charge in [-0.1, -0.05) is 19.1 Å². The first-order chi connectivity index (χ1) is 7.76. The Labute approximate surface area is 96.6 Å². The van der Waals surface area contributed by atoms with E-state index in [1.165, 1.54) is 5.56 Å². The first-order valence-corrected chi connectivity index (χ1v) is 5.79. The maximum Gasteiger partial charge on any atom is 0.119 e. The van der Waals surface area contributed by atoms with E-state index in [4.69, 9.17) is 10.5 Å². The molecule has 3 heteroatoms. The summed E-state index contributed by atoms with van der Waals surface area (Å²) in [6, 6.07) is 8.05. The maximum atomic E-state index is 11.9. The van der Waals surface area contributed by atoms with Gasteiger partial charge in [-0.2, -0.15) is 0 Å². The van der Waals surface area contributed by atoms with Crippen molar-refractivity contribution in [2.75, 3.05) is 13.3 Å². The van der Waals surface area contributed by atoms with Crippen molar-refractivity contribution in [3.8, 4) is 5.75 Å². The van der Waals surface area contributed by atoms with E-state index in [1.54, 1.807) is 0 Å². The van der Waals surface area contributed by atoms with Crippen LogP contribution in [-0.4, -0.2) is 19.3 Å². The molecule has 0 fully saturated rings. The topological polar surface area (TPSA) is 35.2 Å². The lowest BCUT2D eigenvalue weighted by Gasteiger charge is -2.10. The van der Waals surface area contributed by atoms with Gasteiger partial charge in [0.2, 0.25) is 0 Å².